The number of alkyl halides is 3. The third-order valence-corrected chi connectivity index (χ3v) is 4.03. The normalized spacial score (nSPS) is 13.3. The third-order valence-electron chi connectivity index (χ3n) is 4.03. The number of ether oxygens (including phenoxy) is 1. The first-order valence-corrected chi connectivity index (χ1v) is 8.76. The van der Waals surface area contributed by atoms with Crippen LogP contribution in [-0.4, -0.2) is 43.4 Å². The van der Waals surface area contributed by atoms with Crippen molar-refractivity contribution in [2.45, 2.75) is 45.3 Å². The first kappa shape index (κ1) is 25.1. The average Bonchev–Trinajstić information content (AvgIpc) is 3.11. The Hall–Kier alpha value is -2.92. The molecule has 0 saturated carbocycles. The van der Waals surface area contributed by atoms with Gasteiger partial charge in [0.25, 0.3) is 0 Å². The standard InChI is InChI=1S/C17H22N2O4.C2HF3O2/c1-12(2)17(22,8-15(20)21)16-18-9-14(19-16)11-23-10-13-6-4-3-5-7-13;3-2(4,5)1(6)7/h3-7,9,12,22H,8,10-11H2,1-2H3,(H,18,19)(H,20,21);(H,6,7). The van der Waals surface area contributed by atoms with Crippen LogP contribution in [0.25, 0.3) is 0 Å². The van der Waals surface area contributed by atoms with Crippen LogP contribution >= 0.6 is 0 Å². The number of halogens is 3. The van der Waals surface area contributed by atoms with Gasteiger partial charge in [0.05, 0.1) is 31.5 Å². The van der Waals surface area contributed by atoms with Gasteiger partial charge in [0, 0.05) is 0 Å². The zero-order valence-electron chi connectivity index (χ0n) is 16.3. The van der Waals surface area contributed by atoms with Gasteiger partial charge in [0.1, 0.15) is 11.4 Å². The summed E-state index contributed by atoms with van der Waals surface area (Å²) in [7, 11) is 0. The number of H-pyrrole nitrogens is 1. The smallest absolute Gasteiger partial charge is 0.481 e. The molecule has 0 amide bonds. The molecule has 1 heterocycles. The van der Waals surface area contributed by atoms with Gasteiger partial charge in [-0.2, -0.15) is 13.2 Å². The predicted molar refractivity (Wildman–Crippen MR) is 98.2 cm³/mol. The number of benzene rings is 1. The first-order valence-electron chi connectivity index (χ1n) is 8.76. The SMILES string of the molecule is CC(C)C(O)(CC(=O)O)c1ncc(COCc2ccccc2)[nH]1.O=C(O)C(F)(F)F. The van der Waals surface area contributed by atoms with E-state index in [4.69, 9.17) is 19.7 Å². The lowest BCUT2D eigenvalue weighted by molar-refractivity contribution is -0.192. The Morgan fingerprint density at radius 3 is 2.17 bits per heavy atom. The van der Waals surface area contributed by atoms with E-state index in [0.29, 0.717) is 18.9 Å². The van der Waals surface area contributed by atoms with E-state index in [9.17, 15) is 23.1 Å². The number of aliphatic carboxylic acids is 2. The number of nitrogens with one attached hydrogen (secondary N) is 1. The van der Waals surface area contributed by atoms with Crippen LogP contribution in [0.5, 0.6) is 0 Å². The monoisotopic (exact) mass is 432 g/mol. The van der Waals surface area contributed by atoms with E-state index in [1.54, 1.807) is 20.0 Å². The molecular formula is C19H23F3N2O6. The van der Waals surface area contributed by atoms with Crippen LogP contribution in [0, 0.1) is 5.92 Å². The number of aromatic nitrogens is 2. The fourth-order valence-corrected chi connectivity index (χ4v) is 2.30. The van der Waals surface area contributed by atoms with Gasteiger partial charge in [-0.25, -0.2) is 9.78 Å². The number of nitrogens with zero attached hydrogens (tertiary/aromatic N) is 1. The van der Waals surface area contributed by atoms with Crippen molar-refractivity contribution in [2.75, 3.05) is 0 Å². The maximum atomic E-state index is 11.0. The van der Waals surface area contributed by atoms with Crippen LogP contribution in [0.1, 0.15) is 37.4 Å². The minimum atomic E-state index is -5.08. The third kappa shape index (κ3) is 7.84. The van der Waals surface area contributed by atoms with Crippen molar-refractivity contribution < 1.29 is 42.8 Å². The van der Waals surface area contributed by atoms with E-state index in [2.05, 4.69) is 9.97 Å². The predicted octanol–water partition coefficient (Wildman–Crippen LogP) is 3.08. The molecule has 30 heavy (non-hydrogen) atoms. The quantitative estimate of drug-likeness (QED) is 0.504. The van der Waals surface area contributed by atoms with Crippen LogP contribution in [0.3, 0.4) is 0 Å². The van der Waals surface area contributed by atoms with E-state index in [0.717, 1.165) is 5.56 Å². The zero-order chi connectivity index (χ0) is 22.9. The Bertz CT molecular complexity index is 823. The molecule has 2 aromatic rings. The molecule has 1 atom stereocenters. The number of aromatic amines is 1. The Morgan fingerprint density at radius 1 is 1.13 bits per heavy atom. The maximum Gasteiger partial charge on any atom is 0.490 e. The average molecular weight is 432 g/mol. The summed E-state index contributed by atoms with van der Waals surface area (Å²) in [6.07, 6.45) is -3.92. The molecule has 2 rings (SSSR count). The minimum Gasteiger partial charge on any atom is -0.481 e. The van der Waals surface area contributed by atoms with E-state index in [-0.39, 0.29) is 11.7 Å². The molecule has 0 aliphatic rings. The second-order valence-electron chi connectivity index (χ2n) is 6.69. The van der Waals surface area contributed by atoms with Crippen LogP contribution in [0.4, 0.5) is 13.2 Å². The number of hydrogen-bond acceptors (Lipinski definition) is 5. The maximum absolute atomic E-state index is 11.0. The second-order valence-corrected chi connectivity index (χ2v) is 6.69. The zero-order valence-corrected chi connectivity index (χ0v) is 16.3. The molecule has 0 saturated heterocycles. The van der Waals surface area contributed by atoms with Gasteiger partial charge in [-0.3, -0.25) is 4.79 Å². The van der Waals surface area contributed by atoms with Crippen molar-refractivity contribution in [3.63, 3.8) is 0 Å². The Balaban J connectivity index is 0.000000553. The van der Waals surface area contributed by atoms with Crippen molar-refractivity contribution in [3.8, 4) is 0 Å². The molecule has 0 aliphatic heterocycles. The van der Waals surface area contributed by atoms with Crippen molar-refractivity contribution in [2.24, 2.45) is 5.92 Å². The number of aliphatic hydroxyl groups is 1. The number of hydrogen-bond donors (Lipinski definition) is 4. The number of rotatable bonds is 8. The molecule has 1 unspecified atom stereocenters. The van der Waals surface area contributed by atoms with Crippen LogP contribution < -0.4 is 0 Å². The van der Waals surface area contributed by atoms with Gasteiger partial charge in [0.2, 0.25) is 0 Å². The fraction of sp³-hybridized carbons (Fsp3) is 0.421. The van der Waals surface area contributed by atoms with E-state index < -0.39 is 30.1 Å². The van der Waals surface area contributed by atoms with E-state index >= 15 is 0 Å². The van der Waals surface area contributed by atoms with Crippen molar-refractivity contribution in [1.82, 2.24) is 9.97 Å². The molecule has 0 aliphatic carbocycles. The van der Waals surface area contributed by atoms with E-state index in [1.165, 1.54) is 0 Å². The van der Waals surface area contributed by atoms with Crippen molar-refractivity contribution in [3.05, 3.63) is 53.6 Å². The van der Waals surface area contributed by atoms with Gasteiger partial charge in [-0.15, -0.1) is 0 Å². The highest BCUT2D eigenvalue weighted by Crippen LogP contribution is 2.31. The number of carboxylic acid groups (broad SMARTS) is 2. The van der Waals surface area contributed by atoms with E-state index in [1.807, 2.05) is 30.3 Å². The molecule has 0 spiro atoms. The molecule has 0 bridgehead atoms. The van der Waals surface area contributed by atoms with Crippen molar-refractivity contribution in [1.29, 1.82) is 0 Å². The summed E-state index contributed by atoms with van der Waals surface area (Å²) >= 11 is 0. The number of carbonyl (C=O) groups is 2. The lowest BCUT2D eigenvalue weighted by Gasteiger charge is -2.28. The molecule has 1 aromatic heterocycles. The highest BCUT2D eigenvalue weighted by molar-refractivity contribution is 5.73. The summed E-state index contributed by atoms with van der Waals surface area (Å²) < 4.78 is 37.3. The molecule has 8 nitrogen and oxygen atoms in total. The molecule has 166 valence electrons. The van der Waals surface area contributed by atoms with Crippen molar-refractivity contribution >= 4 is 11.9 Å². The number of imidazole rings is 1. The van der Waals surface area contributed by atoms with Crippen LogP contribution in [0.15, 0.2) is 36.5 Å². The summed E-state index contributed by atoms with van der Waals surface area (Å²) in [6.45, 7) is 4.30. The highest BCUT2D eigenvalue weighted by atomic mass is 19.4. The lowest BCUT2D eigenvalue weighted by Crippen LogP contribution is -2.36. The molecular weight excluding hydrogens is 409 g/mol. The van der Waals surface area contributed by atoms with Gasteiger partial charge >= 0.3 is 18.1 Å². The van der Waals surface area contributed by atoms with Crippen LogP contribution in [-0.2, 0) is 33.1 Å². The molecule has 11 heteroatoms. The summed E-state index contributed by atoms with van der Waals surface area (Å²) in [6, 6.07) is 9.79. The molecule has 0 fully saturated rings. The van der Waals surface area contributed by atoms with Gasteiger partial charge in [-0.05, 0) is 11.5 Å². The first-order chi connectivity index (χ1) is 13.9. The highest BCUT2D eigenvalue weighted by Gasteiger charge is 2.39. The summed E-state index contributed by atoms with van der Waals surface area (Å²) in [5, 5.41) is 26.8. The topological polar surface area (TPSA) is 133 Å². The Labute approximate surface area is 170 Å². The van der Waals surface area contributed by atoms with Crippen LogP contribution in [0.2, 0.25) is 0 Å². The molecule has 4 N–H and O–H groups in total. The molecule has 0 radical (unpaired) electrons. The summed E-state index contributed by atoms with van der Waals surface area (Å²) in [5.74, 6) is -3.86. The Kier molecular flexibility index (Phi) is 8.99. The fourth-order valence-electron chi connectivity index (χ4n) is 2.30. The number of carboxylic acids is 2. The molecule has 1 aromatic carbocycles. The second kappa shape index (κ2) is 10.7. The summed E-state index contributed by atoms with van der Waals surface area (Å²) in [5.41, 5.74) is 0.237. The largest absolute Gasteiger partial charge is 0.490 e. The summed E-state index contributed by atoms with van der Waals surface area (Å²) in [4.78, 5) is 27.0. The Morgan fingerprint density at radius 2 is 1.70 bits per heavy atom. The van der Waals surface area contributed by atoms with Gasteiger partial charge < -0.3 is 25.0 Å². The minimum absolute atomic E-state index is 0.258. The van der Waals surface area contributed by atoms with Gasteiger partial charge in [0.15, 0.2) is 0 Å². The lowest BCUT2D eigenvalue weighted by atomic mass is 9.86. The van der Waals surface area contributed by atoms with Gasteiger partial charge in [-0.1, -0.05) is 44.2 Å².